The van der Waals surface area contributed by atoms with Gasteiger partial charge in [0.25, 0.3) is 0 Å². The second kappa shape index (κ2) is 11.2. The number of hydrogen-bond acceptors (Lipinski definition) is 1. The Bertz CT molecular complexity index is 1400. The summed E-state index contributed by atoms with van der Waals surface area (Å²) in [6, 6.07) is 9.35. The monoisotopic (exact) mass is 574 g/mol. The van der Waals surface area contributed by atoms with Crippen molar-refractivity contribution in [3.05, 3.63) is 54.9 Å². The van der Waals surface area contributed by atoms with Gasteiger partial charge in [0.05, 0.1) is 11.0 Å². The summed E-state index contributed by atoms with van der Waals surface area (Å²) in [5, 5.41) is 0. The number of benzene rings is 1. The van der Waals surface area contributed by atoms with E-state index in [1.807, 2.05) is 0 Å². The number of hydrogen-bond donors (Lipinski definition) is 1. The van der Waals surface area contributed by atoms with Crippen LogP contribution in [0, 0.1) is 6.92 Å². The average Bonchev–Trinajstić information content (AvgIpc) is 3.57. The van der Waals surface area contributed by atoms with Crippen LogP contribution in [0.3, 0.4) is 0 Å². The SMILES string of the molecule is Cc1nc2c(-c3ccn([Si](C(C)C)(C(C)C)C(C)C)c3)cc(-c3ccn([Si](C(C)C)(C(C)C)C(C)C)c3)cc2[nH]1. The smallest absolute Gasteiger partial charge is 0.168 e. The third kappa shape index (κ3) is 4.69. The molecule has 0 bridgehead atoms. The van der Waals surface area contributed by atoms with Gasteiger partial charge in [0.1, 0.15) is 5.82 Å². The summed E-state index contributed by atoms with van der Waals surface area (Å²) in [6.45, 7) is 31.3. The number of nitrogens with one attached hydrogen (secondary N) is 1. The standard InChI is InChI=1S/C34H54N4Si2/c1-22(2)39(23(3)4,24(5)6)37-16-14-29(20-37)31-18-32(34-33(19-31)35-28(13)36-34)30-15-17-38(21-30)40(25(7)8,26(9)10)27(11)12/h14-27H,1-13H3,(H,35,36). The Morgan fingerprint density at radius 3 is 1.48 bits per heavy atom. The highest BCUT2D eigenvalue weighted by Gasteiger charge is 2.46. The fourth-order valence-electron chi connectivity index (χ4n) is 9.02. The van der Waals surface area contributed by atoms with Crippen LogP contribution in [0.15, 0.2) is 49.1 Å². The molecule has 0 fully saturated rings. The van der Waals surface area contributed by atoms with Crippen LogP contribution in [-0.2, 0) is 0 Å². The van der Waals surface area contributed by atoms with Crippen LogP contribution >= 0.6 is 0 Å². The lowest BCUT2D eigenvalue weighted by Gasteiger charge is -2.44. The number of H-pyrrole nitrogens is 1. The van der Waals surface area contributed by atoms with Gasteiger partial charge in [-0.2, -0.15) is 0 Å². The Morgan fingerprint density at radius 2 is 1.02 bits per heavy atom. The molecule has 0 aliphatic rings. The van der Waals surface area contributed by atoms with Gasteiger partial charge in [-0.15, -0.1) is 0 Å². The van der Waals surface area contributed by atoms with Gasteiger partial charge in [0.2, 0.25) is 0 Å². The van der Waals surface area contributed by atoms with Crippen molar-refractivity contribution in [1.29, 1.82) is 0 Å². The number of fused-ring (bicyclic) bond motifs is 1. The summed E-state index contributed by atoms with van der Waals surface area (Å²) in [4.78, 5) is 8.52. The van der Waals surface area contributed by atoms with Gasteiger partial charge in [-0.3, -0.25) is 0 Å². The second-order valence-electron chi connectivity index (χ2n) is 14.1. The van der Waals surface area contributed by atoms with E-state index in [-0.39, 0.29) is 0 Å². The van der Waals surface area contributed by atoms with Crippen LogP contribution in [0.25, 0.3) is 33.3 Å². The molecule has 0 atom stereocenters. The topological polar surface area (TPSA) is 38.5 Å². The summed E-state index contributed by atoms with van der Waals surface area (Å²) in [5.74, 6) is 0.964. The Balaban J connectivity index is 1.89. The van der Waals surface area contributed by atoms with E-state index < -0.39 is 16.5 Å². The first kappa shape index (κ1) is 30.6. The number of imidazole rings is 1. The second-order valence-corrected chi connectivity index (χ2v) is 25.6. The van der Waals surface area contributed by atoms with Crippen molar-refractivity contribution in [2.45, 2.75) is 123 Å². The van der Waals surface area contributed by atoms with E-state index in [1.54, 1.807) is 0 Å². The molecule has 1 aromatic carbocycles. The van der Waals surface area contributed by atoms with Gasteiger partial charge in [0.15, 0.2) is 16.5 Å². The molecular weight excluding hydrogens is 521 g/mol. The average molecular weight is 575 g/mol. The number of aromatic amines is 1. The zero-order valence-corrected chi connectivity index (χ0v) is 29.4. The van der Waals surface area contributed by atoms with E-state index in [2.05, 4.69) is 153 Å². The van der Waals surface area contributed by atoms with Crippen LogP contribution in [0.4, 0.5) is 0 Å². The molecule has 40 heavy (non-hydrogen) atoms. The molecule has 218 valence electrons. The van der Waals surface area contributed by atoms with Crippen molar-refractivity contribution in [3.63, 3.8) is 0 Å². The van der Waals surface area contributed by atoms with Crippen LogP contribution < -0.4 is 0 Å². The lowest BCUT2D eigenvalue weighted by molar-refractivity contribution is 0.766. The van der Waals surface area contributed by atoms with E-state index in [0.29, 0.717) is 33.2 Å². The normalized spacial score (nSPS) is 13.5. The van der Waals surface area contributed by atoms with E-state index >= 15 is 0 Å². The van der Waals surface area contributed by atoms with Gasteiger partial charge in [-0.25, -0.2) is 4.98 Å². The Labute approximate surface area is 245 Å². The lowest BCUT2D eigenvalue weighted by Crippen LogP contribution is -2.51. The van der Waals surface area contributed by atoms with E-state index in [0.717, 1.165) is 16.9 Å². The minimum Gasteiger partial charge on any atom is -0.379 e. The van der Waals surface area contributed by atoms with Gasteiger partial charge < -0.3 is 13.4 Å². The molecular formula is C34H54N4Si2. The summed E-state index contributed by atoms with van der Waals surface area (Å²) >= 11 is 0. The van der Waals surface area contributed by atoms with Crippen LogP contribution in [0.2, 0.25) is 33.2 Å². The summed E-state index contributed by atoms with van der Waals surface area (Å²) in [7, 11) is -3.61. The first-order chi connectivity index (χ1) is 18.7. The van der Waals surface area contributed by atoms with E-state index in [4.69, 9.17) is 4.98 Å². The first-order valence-electron chi connectivity index (χ1n) is 15.6. The maximum absolute atomic E-state index is 4.96. The molecule has 4 aromatic rings. The molecule has 6 heteroatoms. The van der Waals surface area contributed by atoms with Crippen LogP contribution in [-0.4, -0.2) is 34.9 Å². The van der Waals surface area contributed by atoms with Crippen LogP contribution in [0.5, 0.6) is 0 Å². The van der Waals surface area contributed by atoms with Gasteiger partial charge in [0, 0.05) is 23.5 Å². The number of rotatable bonds is 10. The molecule has 0 saturated heterocycles. The van der Waals surface area contributed by atoms with Crippen molar-refractivity contribution in [3.8, 4) is 22.3 Å². The molecule has 1 N–H and O–H groups in total. The number of nitrogens with zero attached hydrogens (tertiary/aromatic N) is 3. The predicted octanol–water partition coefficient (Wildman–Crippen LogP) is 10.9. The van der Waals surface area contributed by atoms with Crippen molar-refractivity contribution >= 4 is 27.5 Å². The van der Waals surface area contributed by atoms with Crippen LogP contribution in [0.1, 0.15) is 88.9 Å². The molecule has 0 spiro atoms. The van der Waals surface area contributed by atoms with Crippen molar-refractivity contribution in [1.82, 2.24) is 18.4 Å². The highest BCUT2D eigenvalue weighted by molar-refractivity contribution is 6.82. The molecule has 4 nitrogen and oxygen atoms in total. The summed E-state index contributed by atoms with van der Waals surface area (Å²) in [6.07, 6.45) is 9.62. The van der Waals surface area contributed by atoms with Gasteiger partial charge in [-0.05, 0) is 88.0 Å². The summed E-state index contributed by atoms with van der Waals surface area (Å²) < 4.78 is 5.29. The van der Waals surface area contributed by atoms with Gasteiger partial charge >= 0.3 is 0 Å². The molecule has 0 aliphatic carbocycles. The quantitative estimate of drug-likeness (QED) is 0.188. The molecule has 0 aliphatic heterocycles. The van der Waals surface area contributed by atoms with E-state index in [1.165, 1.54) is 22.3 Å². The van der Waals surface area contributed by atoms with Crippen molar-refractivity contribution in [2.75, 3.05) is 0 Å². The number of aryl methyl sites for hydroxylation is 1. The minimum atomic E-state index is -1.82. The Hall–Kier alpha value is -2.32. The third-order valence-electron chi connectivity index (χ3n) is 10.2. The number of aromatic nitrogens is 4. The molecule has 0 unspecified atom stereocenters. The fraction of sp³-hybridized carbons (Fsp3) is 0.559. The highest BCUT2D eigenvalue weighted by Crippen LogP contribution is 2.45. The van der Waals surface area contributed by atoms with Crippen molar-refractivity contribution < 1.29 is 0 Å². The fourth-order valence-corrected chi connectivity index (χ4v) is 22.0. The third-order valence-corrected chi connectivity index (χ3v) is 23.6. The molecule has 3 aromatic heterocycles. The van der Waals surface area contributed by atoms with Gasteiger partial charge in [-0.1, -0.05) is 83.1 Å². The predicted molar refractivity (Wildman–Crippen MR) is 181 cm³/mol. The minimum absolute atomic E-state index is 0.652. The maximum atomic E-state index is 4.96. The molecule has 0 saturated carbocycles. The maximum Gasteiger partial charge on any atom is 0.168 e. The largest absolute Gasteiger partial charge is 0.379 e. The zero-order valence-electron chi connectivity index (χ0n) is 27.4. The molecule has 0 amide bonds. The lowest BCUT2D eigenvalue weighted by atomic mass is 10.0. The Morgan fingerprint density at radius 1 is 0.600 bits per heavy atom. The Kier molecular flexibility index (Phi) is 8.55. The first-order valence-corrected chi connectivity index (χ1v) is 19.9. The summed E-state index contributed by atoms with van der Waals surface area (Å²) in [5.41, 5.74) is 11.2. The molecule has 4 rings (SSSR count). The zero-order chi connectivity index (χ0) is 29.7. The van der Waals surface area contributed by atoms with E-state index in [9.17, 15) is 0 Å². The highest BCUT2D eigenvalue weighted by atomic mass is 28.3. The molecule has 0 radical (unpaired) electrons. The van der Waals surface area contributed by atoms with Crippen molar-refractivity contribution in [2.24, 2.45) is 0 Å². The molecule has 3 heterocycles.